The number of nitrogens with zero attached hydrogens (tertiary/aromatic N) is 2. The number of thioether (sulfide) groups is 1. The van der Waals surface area contributed by atoms with Crippen LogP contribution in [0.1, 0.15) is 19.2 Å². The molecular formula is C11H12N2O3S2. The lowest BCUT2D eigenvalue weighted by atomic mass is 10.3. The average molecular weight is 284 g/mol. The smallest absolute Gasteiger partial charge is 0.304 e. The standard InChI is InChI=1S/C11H12N2O3S2/c1-7(5-10(14)15)18-6-9-12-13-11(16-9)8-3-2-4-17-8/h2-4,7H,5-6H2,1H3,(H,14,15). The number of carboxylic acids is 1. The lowest BCUT2D eigenvalue weighted by Crippen LogP contribution is -2.05. The predicted octanol–water partition coefficient (Wildman–Crippen LogP) is 2.89. The summed E-state index contributed by atoms with van der Waals surface area (Å²) in [5.74, 6) is 0.791. The predicted molar refractivity (Wildman–Crippen MR) is 70.6 cm³/mol. The van der Waals surface area contributed by atoms with Crippen molar-refractivity contribution in [1.82, 2.24) is 10.2 Å². The van der Waals surface area contributed by atoms with E-state index in [0.717, 1.165) is 4.88 Å². The maximum Gasteiger partial charge on any atom is 0.304 e. The van der Waals surface area contributed by atoms with E-state index >= 15 is 0 Å². The second kappa shape index (κ2) is 6.01. The van der Waals surface area contributed by atoms with E-state index in [-0.39, 0.29) is 11.7 Å². The summed E-state index contributed by atoms with van der Waals surface area (Å²) in [5, 5.41) is 18.5. The van der Waals surface area contributed by atoms with Gasteiger partial charge in [0.05, 0.1) is 17.1 Å². The molecule has 0 saturated heterocycles. The van der Waals surface area contributed by atoms with Crippen LogP contribution in [0.15, 0.2) is 21.9 Å². The molecule has 2 rings (SSSR count). The molecule has 0 bridgehead atoms. The SMILES string of the molecule is CC(CC(=O)O)SCc1nnc(-c2cccs2)o1. The van der Waals surface area contributed by atoms with Gasteiger partial charge in [0.25, 0.3) is 5.89 Å². The number of carbonyl (C=O) groups is 1. The zero-order valence-electron chi connectivity index (χ0n) is 9.70. The highest BCUT2D eigenvalue weighted by molar-refractivity contribution is 7.99. The summed E-state index contributed by atoms with van der Waals surface area (Å²) in [6, 6.07) is 3.84. The summed E-state index contributed by atoms with van der Waals surface area (Å²) in [6.07, 6.45) is 0.136. The summed E-state index contributed by atoms with van der Waals surface area (Å²) < 4.78 is 5.50. The number of carboxylic acid groups (broad SMARTS) is 1. The molecule has 0 aliphatic heterocycles. The first kappa shape index (κ1) is 13.1. The van der Waals surface area contributed by atoms with Crippen molar-refractivity contribution in [1.29, 1.82) is 0 Å². The molecule has 1 N–H and O–H groups in total. The largest absolute Gasteiger partial charge is 0.481 e. The van der Waals surface area contributed by atoms with Crippen molar-refractivity contribution in [2.45, 2.75) is 24.3 Å². The number of hydrogen-bond acceptors (Lipinski definition) is 6. The summed E-state index contributed by atoms with van der Waals surface area (Å²) in [7, 11) is 0. The lowest BCUT2D eigenvalue weighted by molar-refractivity contribution is -0.136. The number of hydrogen-bond donors (Lipinski definition) is 1. The fraction of sp³-hybridized carbons (Fsp3) is 0.364. The van der Waals surface area contributed by atoms with E-state index in [1.165, 1.54) is 11.8 Å². The van der Waals surface area contributed by atoms with Gasteiger partial charge in [0.2, 0.25) is 5.89 Å². The van der Waals surface area contributed by atoms with Gasteiger partial charge in [0, 0.05) is 5.25 Å². The van der Waals surface area contributed by atoms with Crippen LogP contribution in [0.25, 0.3) is 10.8 Å². The molecule has 0 aromatic carbocycles. The summed E-state index contributed by atoms with van der Waals surface area (Å²) in [4.78, 5) is 11.5. The first-order valence-electron chi connectivity index (χ1n) is 5.35. The van der Waals surface area contributed by atoms with Gasteiger partial charge >= 0.3 is 5.97 Å². The van der Waals surface area contributed by atoms with Gasteiger partial charge in [-0.3, -0.25) is 4.79 Å². The molecule has 7 heteroatoms. The number of thiophene rings is 1. The molecule has 0 radical (unpaired) electrons. The van der Waals surface area contributed by atoms with Crippen LogP contribution in [0, 0.1) is 0 Å². The third-order valence-electron chi connectivity index (χ3n) is 2.15. The van der Waals surface area contributed by atoms with Crippen molar-refractivity contribution in [3.8, 4) is 10.8 Å². The first-order chi connectivity index (χ1) is 8.65. The van der Waals surface area contributed by atoms with Gasteiger partial charge in [-0.1, -0.05) is 13.0 Å². The molecule has 1 atom stereocenters. The Balaban J connectivity index is 1.89. The highest BCUT2D eigenvalue weighted by atomic mass is 32.2. The normalized spacial score (nSPS) is 12.5. The molecule has 1 unspecified atom stereocenters. The summed E-state index contributed by atoms with van der Waals surface area (Å²) >= 11 is 3.04. The Hall–Kier alpha value is -1.34. The topological polar surface area (TPSA) is 76.2 Å². The van der Waals surface area contributed by atoms with Crippen LogP contribution in [0.5, 0.6) is 0 Å². The van der Waals surface area contributed by atoms with E-state index < -0.39 is 5.97 Å². The Morgan fingerprint density at radius 2 is 2.44 bits per heavy atom. The van der Waals surface area contributed by atoms with E-state index in [0.29, 0.717) is 17.5 Å². The molecule has 2 heterocycles. The Morgan fingerprint density at radius 1 is 1.61 bits per heavy atom. The van der Waals surface area contributed by atoms with Crippen LogP contribution < -0.4 is 0 Å². The van der Waals surface area contributed by atoms with Crippen molar-refractivity contribution in [2.75, 3.05) is 0 Å². The zero-order valence-corrected chi connectivity index (χ0v) is 11.3. The minimum Gasteiger partial charge on any atom is -0.481 e. The molecule has 2 aromatic rings. The second-order valence-electron chi connectivity index (χ2n) is 3.70. The van der Waals surface area contributed by atoms with Crippen LogP contribution in [0.2, 0.25) is 0 Å². The molecule has 5 nitrogen and oxygen atoms in total. The van der Waals surface area contributed by atoms with Crippen molar-refractivity contribution < 1.29 is 14.3 Å². The zero-order chi connectivity index (χ0) is 13.0. The van der Waals surface area contributed by atoms with Crippen LogP contribution >= 0.6 is 23.1 Å². The Morgan fingerprint density at radius 3 is 3.11 bits per heavy atom. The summed E-state index contributed by atoms with van der Waals surface area (Å²) in [5.41, 5.74) is 0. The van der Waals surface area contributed by atoms with Gasteiger partial charge in [-0.15, -0.1) is 33.3 Å². The minimum absolute atomic E-state index is 0.0274. The van der Waals surface area contributed by atoms with Gasteiger partial charge in [-0.2, -0.15) is 0 Å². The maximum atomic E-state index is 10.5. The average Bonchev–Trinajstić information content (AvgIpc) is 2.96. The van der Waals surface area contributed by atoms with Crippen molar-refractivity contribution in [3.05, 3.63) is 23.4 Å². The molecule has 0 amide bonds. The number of rotatable bonds is 6. The van der Waals surface area contributed by atoms with Crippen molar-refractivity contribution in [2.24, 2.45) is 0 Å². The van der Waals surface area contributed by atoms with Gasteiger partial charge < -0.3 is 9.52 Å². The molecule has 0 aliphatic carbocycles. The lowest BCUT2D eigenvalue weighted by Gasteiger charge is -2.05. The molecule has 96 valence electrons. The number of aromatic nitrogens is 2. The van der Waals surface area contributed by atoms with Crippen LogP contribution in [0.3, 0.4) is 0 Å². The molecule has 0 spiro atoms. The van der Waals surface area contributed by atoms with Crippen molar-refractivity contribution in [3.63, 3.8) is 0 Å². The Bertz CT molecular complexity index is 510. The van der Waals surface area contributed by atoms with Gasteiger partial charge in [0.15, 0.2) is 0 Å². The maximum absolute atomic E-state index is 10.5. The Labute approximate surface area is 112 Å². The third kappa shape index (κ3) is 3.58. The first-order valence-corrected chi connectivity index (χ1v) is 7.27. The number of aliphatic carboxylic acids is 1. The van der Waals surface area contributed by atoms with Gasteiger partial charge in [-0.25, -0.2) is 0 Å². The molecule has 0 aliphatic rings. The molecule has 18 heavy (non-hydrogen) atoms. The van der Waals surface area contributed by atoms with E-state index in [2.05, 4.69) is 10.2 Å². The third-order valence-corrected chi connectivity index (χ3v) is 4.16. The van der Waals surface area contributed by atoms with Gasteiger partial charge in [-0.05, 0) is 11.4 Å². The Kier molecular flexibility index (Phi) is 4.38. The highest BCUT2D eigenvalue weighted by Gasteiger charge is 2.12. The molecular weight excluding hydrogens is 272 g/mol. The second-order valence-corrected chi connectivity index (χ2v) is 6.07. The van der Waals surface area contributed by atoms with Crippen LogP contribution in [-0.4, -0.2) is 26.5 Å². The monoisotopic (exact) mass is 284 g/mol. The summed E-state index contributed by atoms with van der Waals surface area (Å²) in [6.45, 7) is 1.87. The fourth-order valence-electron chi connectivity index (χ4n) is 1.33. The fourth-order valence-corrected chi connectivity index (χ4v) is 2.78. The van der Waals surface area contributed by atoms with Crippen LogP contribution in [-0.2, 0) is 10.5 Å². The van der Waals surface area contributed by atoms with Crippen LogP contribution in [0.4, 0.5) is 0 Å². The van der Waals surface area contributed by atoms with Crippen molar-refractivity contribution >= 4 is 29.1 Å². The van der Waals surface area contributed by atoms with E-state index in [1.54, 1.807) is 11.3 Å². The van der Waals surface area contributed by atoms with Gasteiger partial charge in [0.1, 0.15) is 0 Å². The molecule has 0 fully saturated rings. The van der Waals surface area contributed by atoms with E-state index in [1.807, 2.05) is 24.4 Å². The molecule has 2 aromatic heterocycles. The van der Waals surface area contributed by atoms with E-state index in [9.17, 15) is 4.79 Å². The van der Waals surface area contributed by atoms with E-state index in [4.69, 9.17) is 9.52 Å². The highest BCUT2D eigenvalue weighted by Crippen LogP contribution is 2.25. The quantitative estimate of drug-likeness (QED) is 0.879. The minimum atomic E-state index is -0.792. The molecule has 0 saturated carbocycles.